The SMILES string of the molecule is CCOC(=O)N1CCN(c2ccc(NC(=O)Cc3ccc(C)cc3)cn2)CC1. The molecule has 1 aromatic carbocycles. The lowest BCUT2D eigenvalue weighted by molar-refractivity contribution is -0.115. The quantitative estimate of drug-likeness (QED) is 0.861. The molecule has 3 rings (SSSR count). The van der Waals surface area contributed by atoms with Crippen LogP contribution in [0.25, 0.3) is 0 Å². The van der Waals surface area contributed by atoms with Gasteiger partial charge in [0.05, 0.1) is 24.9 Å². The highest BCUT2D eigenvalue weighted by molar-refractivity contribution is 5.92. The van der Waals surface area contributed by atoms with Crippen molar-refractivity contribution in [3.05, 3.63) is 53.7 Å². The molecule has 0 atom stereocenters. The molecule has 1 fully saturated rings. The normalized spacial score (nSPS) is 13.9. The van der Waals surface area contributed by atoms with Crippen molar-refractivity contribution in [2.75, 3.05) is 43.0 Å². The lowest BCUT2D eigenvalue weighted by Crippen LogP contribution is -2.49. The monoisotopic (exact) mass is 382 g/mol. The summed E-state index contributed by atoms with van der Waals surface area (Å²) in [7, 11) is 0. The molecule has 1 aliphatic rings. The van der Waals surface area contributed by atoms with Gasteiger partial charge in [0.25, 0.3) is 0 Å². The molecule has 28 heavy (non-hydrogen) atoms. The summed E-state index contributed by atoms with van der Waals surface area (Å²) in [6, 6.07) is 11.7. The number of nitrogens with zero attached hydrogens (tertiary/aromatic N) is 3. The Morgan fingerprint density at radius 1 is 1.07 bits per heavy atom. The van der Waals surface area contributed by atoms with Gasteiger partial charge >= 0.3 is 6.09 Å². The average molecular weight is 382 g/mol. The number of hydrogen-bond acceptors (Lipinski definition) is 5. The first-order chi connectivity index (χ1) is 13.5. The summed E-state index contributed by atoms with van der Waals surface area (Å²) >= 11 is 0. The van der Waals surface area contributed by atoms with Gasteiger partial charge in [-0.2, -0.15) is 0 Å². The minimum atomic E-state index is -0.262. The molecular weight excluding hydrogens is 356 g/mol. The van der Waals surface area contributed by atoms with E-state index in [0.29, 0.717) is 44.9 Å². The van der Waals surface area contributed by atoms with Crippen LogP contribution < -0.4 is 10.2 Å². The maximum atomic E-state index is 12.2. The molecule has 0 bridgehead atoms. The van der Waals surface area contributed by atoms with Crippen molar-refractivity contribution in [3.8, 4) is 0 Å². The van der Waals surface area contributed by atoms with E-state index in [2.05, 4.69) is 15.2 Å². The number of hydrogen-bond donors (Lipinski definition) is 1. The van der Waals surface area contributed by atoms with Crippen molar-refractivity contribution in [3.63, 3.8) is 0 Å². The molecule has 0 aliphatic carbocycles. The third-order valence-corrected chi connectivity index (χ3v) is 4.65. The van der Waals surface area contributed by atoms with Crippen LogP contribution in [0.3, 0.4) is 0 Å². The molecule has 1 saturated heterocycles. The molecule has 0 unspecified atom stereocenters. The van der Waals surface area contributed by atoms with Gasteiger partial charge in [0.15, 0.2) is 0 Å². The molecular formula is C21H26N4O3. The average Bonchev–Trinajstić information content (AvgIpc) is 2.71. The summed E-state index contributed by atoms with van der Waals surface area (Å²) in [6.45, 7) is 6.83. The fourth-order valence-electron chi connectivity index (χ4n) is 3.08. The van der Waals surface area contributed by atoms with Gasteiger partial charge in [0.2, 0.25) is 5.91 Å². The van der Waals surface area contributed by atoms with Crippen molar-refractivity contribution in [1.29, 1.82) is 0 Å². The lowest BCUT2D eigenvalue weighted by Gasteiger charge is -2.34. The van der Waals surface area contributed by atoms with Gasteiger partial charge in [-0.15, -0.1) is 0 Å². The molecule has 0 radical (unpaired) electrons. The van der Waals surface area contributed by atoms with Gasteiger partial charge in [0, 0.05) is 26.2 Å². The predicted molar refractivity (Wildman–Crippen MR) is 109 cm³/mol. The number of piperazine rings is 1. The van der Waals surface area contributed by atoms with Gasteiger partial charge in [-0.25, -0.2) is 9.78 Å². The zero-order valence-electron chi connectivity index (χ0n) is 16.4. The number of ether oxygens (including phenoxy) is 1. The van der Waals surface area contributed by atoms with E-state index in [4.69, 9.17) is 4.74 Å². The van der Waals surface area contributed by atoms with Crippen LogP contribution in [-0.4, -0.2) is 54.7 Å². The second-order valence-corrected chi connectivity index (χ2v) is 6.79. The van der Waals surface area contributed by atoms with Crippen LogP contribution in [-0.2, 0) is 16.0 Å². The fraction of sp³-hybridized carbons (Fsp3) is 0.381. The Hall–Kier alpha value is -3.09. The van der Waals surface area contributed by atoms with E-state index in [1.165, 1.54) is 5.56 Å². The number of nitrogens with one attached hydrogen (secondary N) is 1. The molecule has 1 aliphatic heterocycles. The Kier molecular flexibility index (Phi) is 6.47. The van der Waals surface area contributed by atoms with Crippen LogP contribution in [0.4, 0.5) is 16.3 Å². The minimum absolute atomic E-state index is 0.0681. The van der Waals surface area contributed by atoms with Crippen LogP contribution in [0.15, 0.2) is 42.6 Å². The highest BCUT2D eigenvalue weighted by atomic mass is 16.6. The largest absolute Gasteiger partial charge is 0.450 e. The number of aryl methyl sites for hydroxylation is 1. The number of rotatable bonds is 5. The van der Waals surface area contributed by atoms with Gasteiger partial charge in [-0.3, -0.25) is 4.79 Å². The van der Waals surface area contributed by atoms with E-state index < -0.39 is 0 Å². The highest BCUT2D eigenvalue weighted by Gasteiger charge is 2.22. The summed E-state index contributed by atoms with van der Waals surface area (Å²) in [5, 5.41) is 2.88. The first kappa shape index (κ1) is 19.7. The molecule has 0 saturated carbocycles. The van der Waals surface area contributed by atoms with Crippen LogP contribution in [0, 0.1) is 6.92 Å². The summed E-state index contributed by atoms with van der Waals surface area (Å²) in [5.74, 6) is 0.765. The third kappa shape index (κ3) is 5.22. The molecule has 2 aromatic rings. The molecule has 7 heteroatoms. The number of carbonyl (C=O) groups is 2. The number of aromatic nitrogens is 1. The Bertz CT molecular complexity index is 797. The van der Waals surface area contributed by atoms with E-state index in [-0.39, 0.29) is 12.0 Å². The molecule has 1 aromatic heterocycles. The maximum absolute atomic E-state index is 12.2. The Morgan fingerprint density at radius 2 is 1.79 bits per heavy atom. The Labute approximate surface area is 165 Å². The van der Waals surface area contributed by atoms with Crippen molar-refractivity contribution in [2.24, 2.45) is 0 Å². The molecule has 148 valence electrons. The topological polar surface area (TPSA) is 74.8 Å². The van der Waals surface area contributed by atoms with Gasteiger partial charge < -0.3 is 19.9 Å². The number of carbonyl (C=O) groups excluding carboxylic acids is 2. The van der Waals surface area contributed by atoms with E-state index in [1.807, 2.05) is 43.3 Å². The maximum Gasteiger partial charge on any atom is 0.409 e. The van der Waals surface area contributed by atoms with E-state index in [9.17, 15) is 9.59 Å². The van der Waals surface area contributed by atoms with Gasteiger partial charge in [-0.05, 0) is 31.5 Å². The zero-order chi connectivity index (χ0) is 19.9. The number of benzene rings is 1. The number of anilines is 2. The molecule has 7 nitrogen and oxygen atoms in total. The first-order valence-corrected chi connectivity index (χ1v) is 9.53. The highest BCUT2D eigenvalue weighted by Crippen LogP contribution is 2.17. The van der Waals surface area contributed by atoms with Gasteiger partial charge in [0.1, 0.15) is 5.82 Å². The summed E-state index contributed by atoms with van der Waals surface area (Å²) in [4.78, 5) is 32.3. The molecule has 2 amide bonds. The van der Waals surface area contributed by atoms with E-state index in [0.717, 1.165) is 11.4 Å². The zero-order valence-corrected chi connectivity index (χ0v) is 16.4. The van der Waals surface area contributed by atoms with Crippen molar-refractivity contribution < 1.29 is 14.3 Å². The van der Waals surface area contributed by atoms with Crippen molar-refractivity contribution in [1.82, 2.24) is 9.88 Å². The number of pyridine rings is 1. The van der Waals surface area contributed by atoms with Crippen LogP contribution in [0.2, 0.25) is 0 Å². The van der Waals surface area contributed by atoms with Crippen LogP contribution in [0.5, 0.6) is 0 Å². The van der Waals surface area contributed by atoms with Gasteiger partial charge in [-0.1, -0.05) is 29.8 Å². The summed E-state index contributed by atoms with van der Waals surface area (Å²) in [6.07, 6.45) is 1.74. The van der Waals surface area contributed by atoms with Crippen molar-refractivity contribution in [2.45, 2.75) is 20.3 Å². The molecule has 1 N–H and O–H groups in total. The fourth-order valence-corrected chi connectivity index (χ4v) is 3.08. The Balaban J connectivity index is 1.50. The smallest absolute Gasteiger partial charge is 0.409 e. The van der Waals surface area contributed by atoms with E-state index >= 15 is 0 Å². The minimum Gasteiger partial charge on any atom is -0.450 e. The first-order valence-electron chi connectivity index (χ1n) is 9.53. The molecule has 0 spiro atoms. The molecule has 2 heterocycles. The lowest BCUT2D eigenvalue weighted by atomic mass is 10.1. The predicted octanol–water partition coefficient (Wildman–Crippen LogP) is 2.85. The van der Waals surface area contributed by atoms with Crippen LogP contribution in [0.1, 0.15) is 18.1 Å². The second-order valence-electron chi connectivity index (χ2n) is 6.79. The Morgan fingerprint density at radius 3 is 2.39 bits per heavy atom. The van der Waals surface area contributed by atoms with Crippen LogP contribution >= 0.6 is 0 Å². The summed E-state index contributed by atoms with van der Waals surface area (Å²) < 4.78 is 5.04. The summed E-state index contributed by atoms with van der Waals surface area (Å²) in [5.41, 5.74) is 2.82. The number of amides is 2. The third-order valence-electron chi connectivity index (χ3n) is 4.65. The second kappa shape index (κ2) is 9.21. The van der Waals surface area contributed by atoms with Crippen molar-refractivity contribution >= 4 is 23.5 Å². The standard InChI is InChI=1S/C21H26N4O3/c1-3-28-21(27)25-12-10-24(11-13-25)19-9-8-18(15-22-19)23-20(26)14-17-6-4-16(2)5-7-17/h4-9,15H,3,10-14H2,1-2H3,(H,23,26). The van der Waals surface area contributed by atoms with E-state index in [1.54, 1.807) is 18.0 Å².